The highest BCUT2D eigenvalue weighted by atomic mass is 32.1. The third kappa shape index (κ3) is 4.44. The molecule has 6 nitrogen and oxygen atoms in total. The molecular formula is C27H23FN4O2S. The normalized spacial score (nSPS) is 11.3. The van der Waals surface area contributed by atoms with E-state index in [9.17, 15) is 14.3 Å². The van der Waals surface area contributed by atoms with Gasteiger partial charge in [-0.05, 0) is 44.4 Å². The van der Waals surface area contributed by atoms with E-state index in [1.54, 1.807) is 13.0 Å². The molecule has 0 radical (unpaired) electrons. The van der Waals surface area contributed by atoms with Crippen LogP contribution in [0.2, 0.25) is 0 Å². The molecule has 0 atom stereocenters. The van der Waals surface area contributed by atoms with Crippen molar-refractivity contribution in [2.75, 3.05) is 0 Å². The number of aromatic nitrogens is 4. The van der Waals surface area contributed by atoms with Crippen LogP contribution in [0.3, 0.4) is 0 Å². The average molecular weight is 487 g/mol. The summed E-state index contributed by atoms with van der Waals surface area (Å²) >= 11 is 1.13. The molecule has 3 aromatic carbocycles. The molecule has 0 aliphatic heterocycles. The first-order valence-corrected chi connectivity index (χ1v) is 12.0. The van der Waals surface area contributed by atoms with Crippen LogP contribution in [-0.2, 0) is 19.4 Å². The largest absolute Gasteiger partial charge is 0.504 e. The van der Waals surface area contributed by atoms with Crippen molar-refractivity contribution in [3.8, 4) is 16.9 Å². The molecule has 0 aliphatic rings. The Hall–Kier alpha value is -3.91. The second-order valence-electron chi connectivity index (χ2n) is 8.58. The molecule has 2 heterocycles. The number of fused-ring (bicyclic) bond motifs is 1. The van der Waals surface area contributed by atoms with E-state index in [4.69, 9.17) is 0 Å². The second-order valence-corrected chi connectivity index (χ2v) is 9.10. The van der Waals surface area contributed by atoms with Crippen molar-refractivity contribution in [2.24, 2.45) is 0 Å². The van der Waals surface area contributed by atoms with Gasteiger partial charge in [0.15, 0.2) is 11.6 Å². The quantitative estimate of drug-likeness (QED) is 0.356. The number of aromatic hydroxyl groups is 1. The number of nitrogens with zero attached hydrogens (tertiary/aromatic N) is 4. The van der Waals surface area contributed by atoms with Crippen LogP contribution in [-0.4, -0.2) is 23.6 Å². The van der Waals surface area contributed by atoms with E-state index in [0.29, 0.717) is 29.7 Å². The van der Waals surface area contributed by atoms with Gasteiger partial charge in [0.05, 0.1) is 24.0 Å². The lowest BCUT2D eigenvalue weighted by atomic mass is 9.94. The third-order valence-corrected chi connectivity index (χ3v) is 6.66. The highest BCUT2D eigenvalue weighted by Gasteiger charge is 2.21. The van der Waals surface area contributed by atoms with Gasteiger partial charge in [-0.3, -0.25) is 4.79 Å². The van der Waals surface area contributed by atoms with E-state index in [0.717, 1.165) is 39.5 Å². The van der Waals surface area contributed by atoms with E-state index in [2.05, 4.69) is 19.9 Å². The summed E-state index contributed by atoms with van der Waals surface area (Å²) in [5.74, 6) is -1.22. The standard InChI is InChI=1S/C27H23FN4O2S/c1-16-6-3-7-18(14-16)12-13-21-24(20-9-5-10-22(28)26(20)33)17(2)29-32(27(21)34)15-19-8-4-11-23-25(19)31-35-30-23/h3-11,14,33H,12-13,15H2,1-2H3. The van der Waals surface area contributed by atoms with Crippen molar-refractivity contribution < 1.29 is 9.50 Å². The molecule has 0 saturated heterocycles. The van der Waals surface area contributed by atoms with Gasteiger partial charge in [0, 0.05) is 22.3 Å². The maximum absolute atomic E-state index is 14.2. The number of hydrogen-bond acceptors (Lipinski definition) is 6. The van der Waals surface area contributed by atoms with E-state index >= 15 is 0 Å². The minimum Gasteiger partial charge on any atom is -0.504 e. The first-order valence-electron chi connectivity index (χ1n) is 11.3. The van der Waals surface area contributed by atoms with Gasteiger partial charge in [-0.2, -0.15) is 13.8 Å². The molecule has 1 N–H and O–H groups in total. The van der Waals surface area contributed by atoms with Crippen LogP contribution < -0.4 is 5.56 Å². The van der Waals surface area contributed by atoms with Crippen LogP contribution in [0.5, 0.6) is 5.75 Å². The predicted molar refractivity (Wildman–Crippen MR) is 135 cm³/mol. The monoisotopic (exact) mass is 486 g/mol. The Morgan fingerprint density at radius 2 is 1.80 bits per heavy atom. The molecule has 0 aliphatic carbocycles. The number of phenolic OH excluding ortho intramolecular Hbond substituents is 1. The van der Waals surface area contributed by atoms with Crippen molar-refractivity contribution >= 4 is 22.8 Å². The van der Waals surface area contributed by atoms with Crippen LogP contribution in [0.25, 0.3) is 22.2 Å². The summed E-state index contributed by atoms with van der Waals surface area (Å²) < 4.78 is 24.3. The smallest absolute Gasteiger partial charge is 0.270 e. The summed E-state index contributed by atoms with van der Waals surface area (Å²) in [5, 5.41) is 15.0. The number of halogens is 1. The van der Waals surface area contributed by atoms with E-state index in [1.807, 2.05) is 43.3 Å². The Kier molecular flexibility index (Phi) is 6.13. The van der Waals surface area contributed by atoms with Gasteiger partial charge in [0.2, 0.25) is 0 Å². The topological polar surface area (TPSA) is 80.9 Å². The third-order valence-electron chi connectivity index (χ3n) is 6.12. The summed E-state index contributed by atoms with van der Waals surface area (Å²) in [6.07, 6.45) is 1.04. The molecule has 35 heavy (non-hydrogen) atoms. The van der Waals surface area contributed by atoms with Crippen LogP contribution in [0.15, 0.2) is 65.5 Å². The molecule has 0 unspecified atom stereocenters. The fraction of sp³-hybridized carbons (Fsp3) is 0.185. The summed E-state index contributed by atoms with van der Waals surface area (Å²) in [6.45, 7) is 4.03. The molecule has 8 heteroatoms. The number of phenols is 1. The van der Waals surface area contributed by atoms with Crippen LogP contribution in [0.1, 0.15) is 27.9 Å². The Labute approximate surface area is 205 Å². The number of rotatable bonds is 6. The molecule has 5 aromatic rings. The molecule has 5 rings (SSSR count). The zero-order chi connectivity index (χ0) is 24.5. The number of aryl methyl sites for hydroxylation is 3. The van der Waals surface area contributed by atoms with Crippen LogP contribution in [0, 0.1) is 19.7 Å². The minimum absolute atomic E-state index is 0.231. The number of hydrogen-bond donors (Lipinski definition) is 1. The average Bonchev–Trinajstić information content (AvgIpc) is 3.32. The summed E-state index contributed by atoms with van der Waals surface area (Å²) in [7, 11) is 0. The SMILES string of the molecule is Cc1cccc(CCc2c(-c3cccc(F)c3O)c(C)nn(Cc3cccc4nsnc34)c2=O)c1. The van der Waals surface area contributed by atoms with Gasteiger partial charge < -0.3 is 5.11 Å². The lowest BCUT2D eigenvalue weighted by molar-refractivity contribution is 0.434. The van der Waals surface area contributed by atoms with E-state index in [1.165, 1.54) is 16.8 Å². The Balaban J connectivity index is 1.64. The number of para-hydroxylation sites is 1. The van der Waals surface area contributed by atoms with Crippen molar-refractivity contribution in [3.63, 3.8) is 0 Å². The fourth-order valence-corrected chi connectivity index (χ4v) is 5.03. The fourth-order valence-electron chi connectivity index (χ4n) is 4.46. The minimum atomic E-state index is -0.738. The maximum Gasteiger partial charge on any atom is 0.270 e. The second kappa shape index (κ2) is 9.38. The first-order chi connectivity index (χ1) is 16.9. The molecule has 0 amide bonds. The van der Waals surface area contributed by atoms with Crippen molar-refractivity contribution in [1.82, 2.24) is 18.5 Å². The summed E-state index contributed by atoms with van der Waals surface area (Å²) in [6, 6.07) is 18.1. The molecule has 0 fully saturated rings. The number of benzene rings is 3. The predicted octanol–water partition coefficient (Wildman–Crippen LogP) is 5.21. The van der Waals surface area contributed by atoms with Gasteiger partial charge in [0.25, 0.3) is 5.56 Å². The summed E-state index contributed by atoms with van der Waals surface area (Å²) in [4.78, 5) is 13.8. The molecule has 176 valence electrons. The first kappa shape index (κ1) is 22.9. The van der Waals surface area contributed by atoms with Gasteiger partial charge in [-0.25, -0.2) is 9.07 Å². The van der Waals surface area contributed by atoms with E-state index in [-0.39, 0.29) is 17.7 Å². The highest BCUT2D eigenvalue weighted by Crippen LogP contribution is 2.34. The lowest BCUT2D eigenvalue weighted by Gasteiger charge is -2.17. The van der Waals surface area contributed by atoms with Crippen LogP contribution in [0.4, 0.5) is 4.39 Å². The Morgan fingerprint density at radius 3 is 2.63 bits per heavy atom. The maximum atomic E-state index is 14.2. The van der Waals surface area contributed by atoms with Crippen molar-refractivity contribution in [3.05, 3.63) is 105 Å². The Morgan fingerprint density at radius 1 is 1.00 bits per heavy atom. The summed E-state index contributed by atoms with van der Waals surface area (Å²) in [5.41, 5.74) is 6.09. The van der Waals surface area contributed by atoms with Gasteiger partial charge >= 0.3 is 0 Å². The van der Waals surface area contributed by atoms with Crippen LogP contribution >= 0.6 is 11.7 Å². The molecule has 0 saturated carbocycles. The van der Waals surface area contributed by atoms with Gasteiger partial charge in [0.1, 0.15) is 11.0 Å². The molecule has 0 spiro atoms. The zero-order valence-electron chi connectivity index (χ0n) is 19.3. The van der Waals surface area contributed by atoms with E-state index < -0.39 is 11.6 Å². The van der Waals surface area contributed by atoms with Gasteiger partial charge in [-0.15, -0.1) is 0 Å². The molecule has 0 bridgehead atoms. The van der Waals surface area contributed by atoms with Gasteiger partial charge in [-0.1, -0.05) is 54.1 Å². The lowest BCUT2D eigenvalue weighted by Crippen LogP contribution is -2.29. The molecular weight excluding hydrogens is 463 g/mol. The molecule has 2 aromatic heterocycles. The zero-order valence-corrected chi connectivity index (χ0v) is 20.1. The van der Waals surface area contributed by atoms with Crippen molar-refractivity contribution in [1.29, 1.82) is 0 Å². The van der Waals surface area contributed by atoms with Crippen molar-refractivity contribution in [2.45, 2.75) is 33.2 Å². The highest BCUT2D eigenvalue weighted by molar-refractivity contribution is 7.00. The Bertz CT molecular complexity index is 1610.